The number of amides is 1. The van der Waals surface area contributed by atoms with E-state index in [4.69, 9.17) is 4.74 Å². The minimum Gasteiger partial charge on any atom is -0.447 e. The van der Waals surface area contributed by atoms with E-state index in [1.54, 1.807) is 4.90 Å². The van der Waals surface area contributed by atoms with Gasteiger partial charge in [0.25, 0.3) is 0 Å². The Morgan fingerprint density at radius 3 is 2.68 bits per heavy atom. The maximum Gasteiger partial charge on any atom is 0.416 e. The summed E-state index contributed by atoms with van der Waals surface area (Å²) in [6.45, 7) is 4.34. The second-order valence-electron chi connectivity index (χ2n) is 5.08. The highest BCUT2D eigenvalue weighted by molar-refractivity contribution is 7.14. The van der Waals surface area contributed by atoms with Crippen LogP contribution in [0.5, 0.6) is 0 Å². The van der Waals surface area contributed by atoms with Crippen LogP contribution in [0.2, 0.25) is 0 Å². The molecule has 0 N–H and O–H groups in total. The number of anilines is 1. The monoisotopic (exact) mass is 274 g/mol. The molecule has 1 aromatic carbocycles. The summed E-state index contributed by atoms with van der Waals surface area (Å²) in [6, 6.07) is 9.93. The van der Waals surface area contributed by atoms with E-state index < -0.39 is 0 Å². The SMILES string of the molecule is CC1(C)COC(=O)N1c1nc(-c2ccccc2)cs1. The number of aromatic nitrogens is 1. The normalized spacial score (nSPS) is 17.6. The van der Waals surface area contributed by atoms with Gasteiger partial charge < -0.3 is 4.74 Å². The minimum atomic E-state index is -0.344. The minimum absolute atomic E-state index is 0.320. The van der Waals surface area contributed by atoms with Crippen molar-refractivity contribution in [2.24, 2.45) is 0 Å². The van der Waals surface area contributed by atoms with Crippen molar-refractivity contribution in [1.29, 1.82) is 0 Å². The third kappa shape index (κ3) is 2.10. The lowest BCUT2D eigenvalue weighted by Gasteiger charge is -2.24. The zero-order valence-corrected chi connectivity index (χ0v) is 11.6. The number of hydrogen-bond acceptors (Lipinski definition) is 4. The van der Waals surface area contributed by atoms with Gasteiger partial charge in [0.05, 0.1) is 11.2 Å². The lowest BCUT2D eigenvalue weighted by Crippen LogP contribution is -2.42. The molecule has 1 aromatic heterocycles. The number of cyclic esters (lactones) is 1. The molecule has 5 heteroatoms. The van der Waals surface area contributed by atoms with Crippen molar-refractivity contribution in [3.05, 3.63) is 35.7 Å². The van der Waals surface area contributed by atoms with E-state index in [-0.39, 0.29) is 11.6 Å². The summed E-state index contributed by atoms with van der Waals surface area (Å²) in [5, 5.41) is 2.65. The Morgan fingerprint density at radius 2 is 2.05 bits per heavy atom. The van der Waals surface area contributed by atoms with Crippen molar-refractivity contribution in [3.63, 3.8) is 0 Å². The fourth-order valence-corrected chi connectivity index (χ4v) is 3.04. The molecule has 0 radical (unpaired) electrons. The predicted octanol–water partition coefficient (Wildman–Crippen LogP) is 3.55. The van der Waals surface area contributed by atoms with Crippen molar-refractivity contribution in [1.82, 2.24) is 4.98 Å². The van der Waals surface area contributed by atoms with Crippen LogP contribution < -0.4 is 4.90 Å². The van der Waals surface area contributed by atoms with Gasteiger partial charge in [-0.2, -0.15) is 0 Å². The molecule has 1 saturated heterocycles. The number of carbonyl (C=O) groups is 1. The second-order valence-corrected chi connectivity index (χ2v) is 5.92. The van der Waals surface area contributed by atoms with Crippen molar-refractivity contribution < 1.29 is 9.53 Å². The van der Waals surface area contributed by atoms with Crippen LogP contribution in [-0.2, 0) is 4.74 Å². The van der Waals surface area contributed by atoms with Gasteiger partial charge in [-0.25, -0.2) is 14.7 Å². The smallest absolute Gasteiger partial charge is 0.416 e. The molecule has 3 rings (SSSR count). The molecule has 4 nitrogen and oxygen atoms in total. The Kier molecular flexibility index (Phi) is 2.78. The number of benzene rings is 1. The van der Waals surface area contributed by atoms with E-state index >= 15 is 0 Å². The molecule has 1 aliphatic heterocycles. The Labute approximate surface area is 115 Å². The molecule has 1 fully saturated rings. The first-order valence-electron chi connectivity index (χ1n) is 6.06. The van der Waals surface area contributed by atoms with E-state index in [1.165, 1.54) is 11.3 Å². The zero-order valence-electron chi connectivity index (χ0n) is 10.8. The van der Waals surface area contributed by atoms with Gasteiger partial charge in [0.15, 0.2) is 5.13 Å². The lowest BCUT2D eigenvalue weighted by atomic mass is 10.1. The van der Waals surface area contributed by atoms with Crippen LogP contribution in [-0.4, -0.2) is 23.2 Å². The summed E-state index contributed by atoms with van der Waals surface area (Å²) < 4.78 is 5.10. The molecule has 0 saturated carbocycles. The number of ether oxygens (including phenoxy) is 1. The topological polar surface area (TPSA) is 42.4 Å². The molecule has 0 aliphatic carbocycles. The van der Waals surface area contributed by atoms with Crippen LogP contribution in [0.4, 0.5) is 9.93 Å². The molecule has 1 aliphatic rings. The maximum atomic E-state index is 11.8. The van der Waals surface area contributed by atoms with Gasteiger partial charge in [0, 0.05) is 10.9 Å². The first-order chi connectivity index (χ1) is 9.08. The van der Waals surface area contributed by atoms with Crippen molar-refractivity contribution >= 4 is 22.6 Å². The quantitative estimate of drug-likeness (QED) is 0.841. The molecule has 0 atom stereocenters. The van der Waals surface area contributed by atoms with Gasteiger partial charge in [0.1, 0.15) is 6.61 Å². The van der Waals surface area contributed by atoms with E-state index in [2.05, 4.69) is 4.98 Å². The highest BCUT2D eigenvalue weighted by Crippen LogP contribution is 2.34. The predicted molar refractivity (Wildman–Crippen MR) is 75.5 cm³/mol. The van der Waals surface area contributed by atoms with Gasteiger partial charge >= 0.3 is 6.09 Å². The van der Waals surface area contributed by atoms with Gasteiger partial charge in [0.2, 0.25) is 0 Å². The summed E-state index contributed by atoms with van der Waals surface area (Å²) >= 11 is 1.46. The van der Waals surface area contributed by atoms with Gasteiger partial charge in [-0.3, -0.25) is 0 Å². The maximum absolute atomic E-state index is 11.8. The molecule has 0 bridgehead atoms. The fourth-order valence-electron chi connectivity index (χ4n) is 2.06. The standard InChI is InChI=1S/C14H14N2O2S/c1-14(2)9-18-13(17)16(14)12-15-11(8-19-12)10-6-4-3-5-7-10/h3-8H,9H2,1-2H3. The van der Waals surface area contributed by atoms with Crippen LogP contribution in [0.3, 0.4) is 0 Å². The van der Waals surface area contributed by atoms with Gasteiger partial charge in [-0.1, -0.05) is 30.3 Å². The summed E-state index contributed by atoms with van der Waals surface area (Å²) in [5.74, 6) is 0. The van der Waals surface area contributed by atoms with Crippen molar-refractivity contribution in [3.8, 4) is 11.3 Å². The van der Waals surface area contributed by atoms with Crippen molar-refractivity contribution in [2.45, 2.75) is 19.4 Å². The summed E-state index contributed by atoms with van der Waals surface area (Å²) in [6.07, 6.45) is -0.320. The lowest BCUT2D eigenvalue weighted by molar-refractivity contribution is 0.175. The number of thiazole rings is 1. The largest absolute Gasteiger partial charge is 0.447 e. The molecule has 98 valence electrons. The van der Waals surface area contributed by atoms with Gasteiger partial charge in [-0.05, 0) is 13.8 Å². The Bertz CT molecular complexity index is 607. The van der Waals surface area contributed by atoms with E-state index in [1.807, 2.05) is 49.6 Å². The van der Waals surface area contributed by atoms with Gasteiger partial charge in [-0.15, -0.1) is 11.3 Å². The third-order valence-corrected chi connectivity index (χ3v) is 3.92. The Morgan fingerprint density at radius 1 is 1.32 bits per heavy atom. The Hall–Kier alpha value is -1.88. The molecule has 1 amide bonds. The van der Waals surface area contributed by atoms with Crippen LogP contribution >= 0.6 is 11.3 Å². The molecule has 0 unspecified atom stereocenters. The molecule has 19 heavy (non-hydrogen) atoms. The number of hydrogen-bond donors (Lipinski definition) is 0. The second kappa shape index (κ2) is 4.35. The van der Waals surface area contributed by atoms with Crippen LogP contribution in [0.1, 0.15) is 13.8 Å². The fraction of sp³-hybridized carbons (Fsp3) is 0.286. The Balaban J connectivity index is 1.96. The molecular weight excluding hydrogens is 260 g/mol. The van der Waals surface area contributed by atoms with Crippen LogP contribution in [0.15, 0.2) is 35.7 Å². The first-order valence-corrected chi connectivity index (χ1v) is 6.94. The van der Waals surface area contributed by atoms with Crippen LogP contribution in [0.25, 0.3) is 11.3 Å². The van der Waals surface area contributed by atoms with Crippen LogP contribution in [0, 0.1) is 0 Å². The summed E-state index contributed by atoms with van der Waals surface area (Å²) in [5.41, 5.74) is 1.59. The summed E-state index contributed by atoms with van der Waals surface area (Å²) in [4.78, 5) is 18.0. The molecule has 2 aromatic rings. The highest BCUT2D eigenvalue weighted by atomic mass is 32.1. The van der Waals surface area contributed by atoms with E-state index in [0.717, 1.165) is 11.3 Å². The van der Waals surface area contributed by atoms with Crippen molar-refractivity contribution in [2.75, 3.05) is 11.5 Å². The third-order valence-electron chi connectivity index (χ3n) is 3.09. The highest BCUT2D eigenvalue weighted by Gasteiger charge is 2.42. The zero-order chi connectivity index (χ0) is 13.5. The summed E-state index contributed by atoms with van der Waals surface area (Å²) in [7, 11) is 0. The number of rotatable bonds is 2. The average molecular weight is 274 g/mol. The number of nitrogens with zero attached hydrogens (tertiary/aromatic N) is 2. The average Bonchev–Trinajstić information content (AvgIpc) is 2.96. The number of carbonyl (C=O) groups excluding carboxylic acids is 1. The van der Waals surface area contributed by atoms with E-state index in [9.17, 15) is 4.79 Å². The molecular formula is C14H14N2O2S. The van der Waals surface area contributed by atoms with E-state index in [0.29, 0.717) is 11.7 Å². The first kappa shape index (κ1) is 12.2. The molecule has 0 spiro atoms. The molecule has 2 heterocycles.